The first-order valence-electron chi connectivity index (χ1n) is 7.02. The molecule has 0 spiro atoms. The molecule has 6 heteroatoms. The molecular weight excluding hydrogens is 270 g/mol. The van der Waals surface area contributed by atoms with E-state index in [1.165, 1.54) is 0 Å². The number of nitrogens with zero attached hydrogens (tertiary/aromatic N) is 1. The molecule has 1 rings (SSSR count). The van der Waals surface area contributed by atoms with E-state index in [0.29, 0.717) is 37.6 Å². The number of ether oxygens (including phenoxy) is 2. The van der Waals surface area contributed by atoms with E-state index in [0.717, 1.165) is 13.1 Å². The second-order valence-corrected chi connectivity index (χ2v) is 4.71. The van der Waals surface area contributed by atoms with Gasteiger partial charge in [-0.15, -0.1) is 0 Å². The molecule has 1 aromatic rings. The molecule has 21 heavy (non-hydrogen) atoms. The number of amides is 1. The van der Waals surface area contributed by atoms with Crippen LogP contribution in [0.4, 0.5) is 11.4 Å². The molecule has 0 unspecified atom stereocenters. The predicted molar refractivity (Wildman–Crippen MR) is 84.3 cm³/mol. The maximum absolute atomic E-state index is 12.0. The molecule has 0 fully saturated rings. The summed E-state index contributed by atoms with van der Waals surface area (Å²) in [5.41, 5.74) is 7.02. The van der Waals surface area contributed by atoms with Gasteiger partial charge >= 0.3 is 0 Å². The van der Waals surface area contributed by atoms with Gasteiger partial charge in [0.15, 0.2) is 0 Å². The second kappa shape index (κ2) is 10.1. The van der Waals surface area contributed by atoms with Crippen LogP contribution in [0.1, 0.15) is 6.42 Å². The van der Waals surface area contributed by atoms with E-state index in [-0.39, 0.29) is 5.91 Å². The van der Waals surface area contributed by atoms with Gasteiger partial charge in [-0.1, -0.05) is 12.1 Å². The summed E-state index contributed by atoms with van der Waals surface area (Å²) in [5, 5.41) is 2.82. The van der Waals surface area contributed by atoms with Crippen molar-refractivity contribution in [2.24, 2.45) is 0 Å². The number of hydrogen-bond acceptors (Lipinski definition) is 5. The number of carbonyl (C=O) groups is 1. The van der Waals surface area contributed by atoms with Gasteiger partial charge in [0.2, 0.25) is 5.91 Å². The average molecular weight is 295 g/mol. The number of anilines is 2. The molecule has 0 aromatic heterocycles. The lowest BCUT2D eigenvalue weighted by atomic mass is 10.2. The normalized spacial score (nSPS) is 10.8. The highest BCUT2D eigenvalue weighted by atomic mass is 16.5. The maximum atomic E-state index is 12.0. The third-order valence-electron chi connectivity index (χ3n) is 3.11. The highest BCUT2D eigenvalue weighted by Crippen LogP contribution is 2.16. The van der Waals surface area contributed by atoms with Crippen molar-refractivity contribution in [1.29, 1.82) is 0 Å². The first-order valence-corrected chi connectivity index (χ1v) is 7.02. The summed E-state index contributed by atoms with van der Waals surface area (Å²) in [6.07, 6.45) is 0.405. The Balaban J connectivity index is 2.39. The van der Waals surface area contributed by atoms with Crippen LogP contribution in [-0.4, -0.2) is 57.9 Å². The van der Waals surface area contributed by atoms with Crippen LogP contribution in [0.15, 0.2) is 24.3 Å². The minimum absolute atomic E-state index is 0.0484. The summed E-state index contributed by atoms with van der Waals surface area (Å²) in [5.74, 6) is -0.0484. The summed E-state index contributed by atoms with van der Waals surface area (Å²) < 4.78 is 10.1. The number of methoxy groups -OCH3 is 2. The molecule has 6 nitrogen and oxygen atoms in total. The van der Waals surface area contributed by atoms with Gasteiger partial charge < -0.3 is 20.5 Å². The molecule has 0 saturated carbocycles. The van der Waals surface area contributed by atoms with Crippen LogP contribution in [0.3, 0.4) is 0 Å². The molecule has 0 heterocycles. The van der Waals surface area contributed by atoms with Gasteiger partial charge in [0.1, 0.15) is 0 Å². The Kier molecular flexibility index (Phi) is 8.42. The van der Waals surface area contributed by atoms with E-state index in [1.54, 1.807) is 26.4 Å². The van der Waals surface area contributed by atoms with Crippen LogP contribution in [0.2, 0.25) is 0 Å². The fourth-order valence-electron chi connectivity index (χ4n) is 1.86. The van der Waals surface area contributed by atoms with Crippen molar-refractivity contribution in [2.75, 3.05) is 58.1 Å². The molecular formula is C15H25N3O3. The molecule has 1 amide bonds. The maximum Gasteiger partial charge on any atom is 0.225 e. The summed E-state index contributed by atoms with van der Waals surface area (Å²) >= 11 is 0. The molecule has 1 aromatic carbocycles. The Morgan fingerprint density at radius 2 is 1.76 bits per heavy atom. The van der Waals surface area contributed by atoms with Crippen molar-refractivity contribution in [2.45, 2.75) is 6.42 Å². The quantitative estimate of drug-likeness (QED) is 0.634. The van der Waals surface area contributed by atoms with E-state index in [4.69, 9.17) is 15.2 Å². The van der Waals surface area contributed by atoms with Crippen molar-refractivity contribution in [3.05, 3.63) is 24.3 Å². The van der Waals surface area contributed by atoms with Gasteiger partial charge in [-0.25, -0.2) is 0 Å². The van der Waals surface area contributed by atoms with Crippen LogP contribution in [0.5, 0.6) is 0 Å². The summed E-state index contributed by atoms with van der Waals surface area (Å²) in [6.45, 7) is 3.49. The van der Waals surface area contributed by atoms with Crippen LogP contribution in [0.25, 0.3) is 0 Å². The minimum atomic E-state index is -0.0484. The first-order chi connectivity index (χ1) is 10.2. The Bertz CT molecular complexity index is 418. The smallest absolute Gasteiger partial charge is 0.225 e. The fraction of sp³-hybridized carbons (Fsp3) is 0.533. The number of carbonyl (C=O) groups excluding carboxylic acids is 1. The zero-order valence-electron chi connectivity index (χ0n) is 12.8. The van der Waals surface area contributed by atoms with Crippen LogP contribution >= 0.6 is 0 Å². The Hall–Kier alpha value is -1.63. The minimum Gasteiger partial charge on any atom is -0.397 e. The van der Waals surface area contributed by atoms with E-state index >= 15 is 0 Å². The standard InChI is InChI=1S/C15H25N3O3/c1-20-11-9-18(10-12-21-2)8-7-15(19)17-14-6-4-3-5-13(14)16/h3-6H,7-12,16H2,1-2H3,(H,17,19). The molecule has 0 aliphatic rings. The molecule has 0 aliphatic carbocycles. The number of para-hydroxylation sites is 2. The zero-order valence-corrected chi connectivity index (χ0v) is 12.8. The fourth-order valence-corrected chi connectivity index (χ4v) is 1.86. The molecule has 0 atom stereocenters. The van der Waals surface area contributed by atoms with Gasteiger partial charge in [-0.3, -0.25) is 9.69 Å². The predicted octanol–water partition coefficient (Wildman–Crippen LogP) is 1.19. The van der Waals surface area contributed by atoms with E-state index < -0.39 is 0 Å². The number of nitrogens with two attached hydrogens (primary N) is 1. The SMILES string of the molecule is COCCN(CCOC)CCC(=O)Nc1ccccc1N. The average Bonchev–Trinajstić information content (AvgIpc) is 2.49. The van der Waals surface area contributed by atoms with Gasteiger partial charge in [0.25, 0.3) is 0 Å². The third kappa shape index (κ3) is 7.08. The monoisotopic (exact) mass is 295 g/mol. The number of nitrogens with one attached hydrogen (secondary N) is 1. The van der Waals surface area contributed by atoms with E-state index in [9.17, 15) is 4.79 Å². The largest absolute Gasteiger partial charge is 0.397 e. The van der Waals surface area contributed by atoms with Gasteiger partial charge in [-0.2, -0.15) is 0 Å². The van der Waals surface area contributed by atoms with Gasteiger partial charge in [0, 0.05) is 40.3 Å². The van der Waals surface area contributed by atoms with Gasteiger partial charge in [0.05, 0.1) is 24.6 Å². The van der Waals surface area contributed by atoms with Gasteiger partial charge in [-0.05, 0) is 12.1 Å². The lowest BCUT2D eigenvalue weighted by Crippen LogP contribution is -2.33. The Morgan fingerprint density at radius 3 is 2.33 bits per heavy atom. The van der Waals surface area contributed by atoms with Crippen molar-refractivity contribution < 1.29 is 14.3 Å². The molecule has 118 valence electrons. The summed E-state index contributed by atoms with van der Waals surface area (Å²) in [6, 6.07) is 7.23. The number of hydrogen-bond donors (Lipinski definition) is 2. The van der Waals surface area contributed by atoms with Crippen molar-refractivity contribution in [3.8, 4) is 0 Å². The molecule has 0 aliphatic heterocycles. The topological polar surface area (TPSA) is 76.8 Å². The number of benzene rings is 1. The number of rotatable bonds is 10. The van der Waals surface area contributed by atoms with Crippen molar-refractivity contribution in [1.82, 2.24) is 4.90 Å². The lowest BCUT2D eigenvalue weighted by Gasteiger charge is -2.21. The van der Waals surface area contributed by atoms with Crippen LogP contribution in [-0.2, 0) is 14.3 Å². The van der Waals surface area contributed by atoms with Crippen molar-refractivity contribution in [3.63, 3.8) is 0 Å². The first kappa shape index (κ1) is 17.4. The zero-order chi connectivity index (χ0) is 15.5. The van der Waals surface area contributed by atoms with Crippen LogP contribution in [0, 0.1) is 0 Å². The number of nitrogen functional groups attached to an aromatic ring is 1. The Labute approximate surface area is 126 Å². The third-order valence-corrected chi connectivity index (χ3v) is 3.11. The molecule has 3 N–H and O–H groups in total. The van der Waals surface area contributed by atoms with Crippen molar-refractivity contribution >= 4 is 17.3 Å². The molecule has 0 saturated heterocycles. The summed E-state index contributed by atoms with van der Waals surface area (Å²) in [4.78, 5) is 14.1. The van der Waals surface area contributed by atoms with E-state index in [2.05, 4.69) is 10.2 Å². The highest BCUT2D eigenvalue weighted by Gasteiger charge is 2.09. The van der Waals surface area contributed by atoms with Crippen LogP contribution < -0.4 is 11.1 Å². The highest BCUT2D eigenvalue weighted by molar-refractivity contribution is 5.93. The Morgan fingerprint density at radius 1 is 1.14 bits per heavy atom. The lowest BCUT2D eigenvalue weighted by molar-refractivity contribution is -0.116. The second-order valence-electron chi connectivity index (χ2n) is 4.71. The van der Waals surface area contributed by atoms with E-state index in [1.807, 2.05) is 12.1 Å². The molecule has 0 bridgehead atoms. The molecule has 0 radical (unpaired) electrons. The summed E-state index contributed by atoms with van der Waals surface area (Å²) in [7, 11) is 3.33.